The van der Waals surface area contributed by atoms with Crippen LogP contribution in [0.15, 0.2) is 28.1 Å². The third-order valence-corrected chi connectivity index (χ3v) is 3.61. The molecule has 2 rings (SSSR count). The molecule has 0 saturated carbocycles. The first-order valence-corrected chi connectivity index (χ1v) is 6.45. The van der Waals surface area contributed by atoms with Crippen molar-refractivity contribution in [1.29, 1.82) is 0 Å². The van der Waals surface area contributed by atoms with Gasteiger partial charge in [-0.1, -0.05) is 0 Å². The van der Waals surface area contributed by atoms with Gasteiger partial charge >= 0.3 is 5.97 Å². The summed E-state index contributed by atoms with van der Waals surface area (Å²) in [6.07, 6.45) is 0. The number of nitrogens with zero attached hydrogens (tertiary/aromatic N) is 1. The number of aromatic nitrogens is 1. The van der Waals surface area contributed by atoms with Gasteiger partial charge in [-0.25, -0.2) is 9.78 Å². The topological polar surface area (TPSA) is 62.2 Å². The number of carboxylic acids is 1. The summed E-state index contributed by atoms with van der Waals surface area (Å²) in [5.74, 6) is -0.942. The predicted molar refractivity (Wildman–Crippen MR) is 71.2 cm³/mol. The molecule has 0 atom stereocenters. The maximum Gasteiger partial charge on any atom is 0.335 e. The van der Waals surface area contributed by atoms with Gasteiger partial charge in [-0.05, 0) is 41.1 Å². The maximum atomic E-state index is 10.8. The van der Waals surface area contributed by atoms with E-state index < -0.39 is 5.97 Å². The van der Waals surface area contributed by atoms with E-state index in [0.717, 1.165) is 16.5 Å². The highest BCUT2D eigenvalue weighted by atomic mass is 79.9. The number of thiazole rings is 1. The molecule has 1 aromatic heterocycles. The summed E-state index contributed by atoms with van der Waals surface area (Å²) in [5, 5.41) is 14.7. The average molecular weight is 313 g/mol. The third-order valence-electron chi connectivity index (χ3n) is 2.08. The van der Waals surface area contributed by atoms with Crippen LogP contribution in [0.3, 0.4) is 0 Å². The third kappa shape index (κ3) is 2.83. The molecule has 0 fully saturated rings. The van der Waals surface area contributed by atoms with Crippen molar-refractivity contribution in [1.82, 2.24) is 4.98 Å². The summed E-state index contributed by atoms with van der Waals surface area (Å²) < 4.78 is 0.699. The highest BCUT2D eigenvalue weighted by molar-refractivity contribution is 9.10. The van der Waals surface area contributed by atoms with Crippen LogP contribution < -0.4 is 5.32 Å². The minimum Gasteiger partial charge on any atom is -0.478 e. The van der Waals surface area contributed by atoms with Crippen LogP contribution in [0, 0.1) is 6.92 Å². The zero-order valence-electron chi connectivity index (χ0n) is 8.90. The number of halogens is 1. The summed E-state index contributed by atoms with van der Waals surface area (Å²) in [4.78, 5) is 15.0. The molecule has 2 N–H and O–H groups in total. The largest absolute Gasteiger partial charge is 0.478 e. The van der Waals surface area contributed by atoms with Crippen LogP contribution in [0.1, 0.15) is 16.1 Å². The summed E-state index contributed by atoms with van der Waals surface area (Å²) >= 11 is 4.83. The minimum absolute atomic E-state index is 0.248. The molecule has 6 heteroatoms. The SMILES string of the molecule is Cc1csc(Nc2ccc(C(=O)O)cc2Br)n1. The normalized spacial score (nSPS) is 10.2. The van der Waals surface area contributed by atoms with Crippen molar-refractivity contribution in [2.45, 2.75) is 6.92 Å². The van der Waals surface area contributed by atoms with Crippen LogP contribution in [0.2, 0.25) is 0 Å². The second-order valence-electron chi connectivity index (χ2n) is 3.42. The van der Waals surface area contributed by atoms with Crippen LogP contribution in [-0.4, -0.2) is 16.1 Å². The highest BCUT2D eigenvalue weighted by Crippen LogP contribution is 2.28. The average Bonchev–Trinajstić information content (AvgIpc) is 2.67. The number of hydrogen-bond acceptors (Lipinski definition) is 4. The van der Waals surface area contributed by atoms with Crippen LogP contribution >= 0.6 is 27.3 Å². The number of rotatable bonds is 3. The fourth-order valence-electron chi connectivity index (χ4n) is 1.28. The zero-order chi connectivity index (χ0) is 12.4. The number of hydrogen-bond donors (Lipinski definition) is 2. The molecule has 17 heavy (non-hydrogen) atoms. The standard InChI is InChI=1S/C11H9BrN2O2S/c1-6-5-17-11(13-6)14-9-3-2-7(10(15)16)4-8(9)12/h2-5H,1H3,(H,13,14)(H,15,16). The summed E-state index contributed by atoms with van der Waals surface area (Å²) in [6.45, 7) is 1.92. The number of nitrogens with one attached hydrogen (secondary N) is 1. The molecule has 0 bridgehead atoms. The zero-order valence-corrected chi connectivity index (χ0v) is 11.3. The van der Waals surface area contributed by atoms with Gasteiger partial charge in [0.15, 0.2) is 5.13 Å². The molecule has 0 aliphatic heterocycles. The van der Waals surface area contributed by atoms with E-state index in [1.165, 1.54) is 11.3 Å². The first-order valence-electron chi connectivity index (χ1n) is 4.78. The Kier molecular flexibility index (Phi) is 3.44. The van der Waals surface area contributed by atoms with Gasteiger partial charge in [-0.2, -0.15) is 0 Å². The Morgan fingerprint density at radius 2 is 2.29 bits per heavy atom. The molecule has 88 valence electrons. The number of anilines is 2. The lowest BCUT2D eigenvalue weighted by molar-refractivity contribution is 0.0697. The van der Waals surface area contributed by atoms with Gasteiger partial charge in [0.2, 0.25) is 0 Å². The van der Waals surface area contributed by atoms with Crippen molar-refractivity contribution >= 4 is 44.1 Å². The lowest BCUT2D eigenvalue weighted by Crippen LogP contribution is -1.97. The van der Waals surface area contributed by atoms with Crippen molar-refractivity contribution < 1.29 is 9.90 Å². The number of aryl methyl sites for hydroxylation is 1. The summed E-state index contributed by atoms with van der Waals surface area (Å²) in [6, 6.07) is 4.82. The van der Waals surface area contributed by atoms with Gasteiger partial charge in [0.1, 0.15) is 0 Å². The van der Waals surface area contributed by atoms with Gasteiger partial charge in [0.05, 0.1) is 16.9 Å². The van der Waals surface area contributed by atoms with Crippen LogP contribution in [0.5, 0.6) is 0 Å². The van der Waals surface area contributed by atoms with E-state index in [0.29, 0.717) is 4.47 Å². The van der Waals surface area contributed by atoms with Crippen LogP contribution in [0.25, 0.3) is 0 Å². The Balaban J connectivity index is 2.25. The van der Waals surface area contributed by atoms with Crippen molar-refractivity contribution in [3.63, 3.8) is 0 Å². The number of carboxylic acid groups (broad SMARTS) is 1. The highest BCUT2D eigenvalue weighted by Gasteiger charge is 2.07. The first kappa shape index (κ1) is 12.1. The van der Waals surface area contributed by atoms with E-state index in [2.05, 4.69) is 26.2 Å². The van der Waals surface area contributed by atoms with Gasteiger partial charge in [-0.3, -0.25) is 0 Å². The van der Waals surface area contributed by atoms with E-state index in [1.807, 2.05) is 12.3 Å². The molecular weight excluding hydrogens is 304 g/mol. The second kappa shape index (κ2) is 4.85. The molecule has 4 nitrogen and oxygen atoms in total. The van der Waals surface area contributed by atoms with Gasteiger partial charge < -0.3 is 10.4 Å². The van der Waals surface area contributed by atoms with E-state index in [-0.39, 0.29) is 5.56 Å². The summed E-state index contributed by atoms with van der Waals surface area (Å²) in [7, 11) is 0. The van der Waals surface area contributed by atoms with Crippen molar-refractivity contribution in [2.75, 3.05) is 5.32 Å². The van der Waals surface area contributed by atoms with E-state index in [9.17, 15) is 4.79 Å². The van der Waals surface area contributed by atoms with Gasteiger partial charge in [0, 0.05) is 9.85 Å². The van der Waals surface area contributed by atoms with E-state index >= 15 is 0 Å². The lowest BCUT2D eigenvalue weighted by atomic mass is 10.2. The number of aromatic carboxylic acids is 1. The van der Waals surface area contributed by atoms with Crippen molar-refractivity contribution in [3.8, 4) is 0 Å². The summed E-state index contributed by atoms with van der Waals surface area (Å²) in [5.41, 5.74) is 2.00. The molecule has 0 aliphatic rings. The molecule has 2 aromatic rings. The minimum atomic E-state index is -0.942. The fourth-order valence-corrected chi connectivity index (χ4v) is 2.45. The maximum absolute atomic E-state index is 10.8. The molecular formula is C11H9BrN2O2S. The fraction of sp³-hybridized carbons (Fsp3) is 0.0909. The molecule has 0 radical (unpaired) electrons. The predicted octanol–water partition coefficient (Wildman–Crippen LogP) is 3.66. The second-order valence-corrected chi connectivity index (χ2v) is 5.13. The van der Waals surface area contributed by atoms with Gasteiger partial charge in [-0.15, -0.1) is 11.3 Å². The van der Waals surface area contributed by atoms with Gasteiger partial charge in [0.25, 0.3) is 0 Å². The molecule has 1 aromatic carbocycles. The lowest BCUT2D eigenvalue weighted by Gasteiger charge is -2.06. The Bertz CT molecular complexity index is 568. The van der Waals surface area contributed by atoms with Crippen molar-refractivity contribution in [2.24, 2.45) is 0 Å². The Labute approximate surface area is 110 Å². The molecule has 0 amide bonds. The van der Waals surface area contributed by atoms with E-state index in [4.69, 9.17) is 5.11 Å². The van der Waals surface area contributed by atoms with E-state index in [1.54, 1.807) is 18.2 Å². The Morgan fingerprint density at radius 1 is 1.53 bits per heavy atom. The molecule has 0 aliphatic carbocycles. The quantitative estimate of drug-likeness (QED) is 0.908. The monoisotopic (exact) mass is 312 g/mol. The van der Waals surface area contributed by atoms with Crippen molar-refractivity contribution in [3.05, 3.63) is 39.3 Å². The molecule has 0 unspecified atom stereocenters. The van der Waals surface area contributed by atoms with Crippen LogP contribution in [-0.2, 0) is 0 Å². The first-order chi connectivity index (χ1) is 8.06. The number of benzene rings is 1. The molecule has 0 spiro atoms. The molecule has 1 heterocycles. The smallest absolute Gasteiger partial charge is 0.335 e. The Hall–Kier alpha value is -1.40. The number of carbonyl (C=O) groups is 1. The molecule has 0 saturated heterocycles. The Morgan fingerprint density at radius 3 is 2.82 bits per heavy atom. The van der Waals surface area contributed by atoms with Crippen LogP contribution in [0.4, 0.5) is 10.8 Å².